The average molecular weight is 307 g/mol. The quantitative estimate of drug-likeness (QED) is 0.862. The Morgan fingerprint density at radius 1 is 1.23 bits per heavy atom. The summed E-state index contributed by atoms with van der Waals surface area (Å²) in [5.41, 5.74) is 6.23. The number of hydrogen-bond donors (Lipinski definition) is 2. The molecule has 22 heavy (non-hydrogen) atoms. The van der Waals surface area contributed by atoms with E-state index in [1.165, 1.54) is 4.90 Å². The number of nitrogens with two attached hydrogens (primary N) is 1. The Labute approximate surface area is 131 Å². The molecular weight excluding hydrogens is 282 g/mol. The van der Waals surface area contributed by atoms with Crippen LogP contribution in [0.25, 0.3) is 0 Å². The number of carbonyl (C=O) groups is 2. The van der Waals surface area contributed by atoms with Crippen LogP contribution in [-0.4, -0.2) is 43.5 Å². The predicted octanol–water partition coefficient (Wildman–Crippen LogP) is 1.47. The minimum Gasteiger partial charge on any atom is -0.484 e. The van der Waals surface area contributed by atoms with Gasteiger partial charge in [-0.15, -0.1) is 0 Å². The highest BCUT2D eigenvalue weighted by Crippen LogP contribution is 2.20. The van der Waals surface area contributed by atoms with E-state index < -0.39 is 6.04 Å². The van der Waals surface area contributed by atoms with Crippen molar-refractivity contribution in [2.75, 3.05) is 26.0 Å². The SMILES string of the molecule is CN(C)C(=O)COc1ccc(NC(=O)[C@@H](N)C(C)(C)C)cc1. The Balaban J connectivity index is 2.58. The number of carbonyl (C=O) groups excluding carboxylic acids is 2. The molecule has 0 aliphatic carbocycles. The lowest BCUT2D eigenvalue weighted by atomic mass is 9.87. The zero-order valence-electron chi connectivity index (χ0n) is 13.8. The first-order valence-electron chi connectivity index (χ1n) is 7.10. The van der Waals surface area contributed by atoms with E-state index in [1.54, 1.807) is 38.4 Å². The summed E-state index contributed by atoms with van der Waals surface area (Å²) in [6.07, 6.45) is 0. The molecule has 0 saturated heterocycles. The van der Waals surface area contributed by atoms with Crippen molar-refractivity contribution in [3.63, 3.8) is 0 Å². The number of benzene rings is 1. The van der Waals surface area contributed by atoms with Gasteiger partial charge < -0.3 is 20.7 Å². The van der Waals surface area contributed by atoms with Gasteiger partial charge in [0, 0.05) is 19.8 Å². The first-order valence-corrected chi connectivity index (χ1v) is 7.10. The summed E-state index contributed by atoms with van der Waals surface area (Å²) in [5, 5.41) is 2.76. The van der Waals surface area contributed by atoms with Gasteiger partial charge in [0.25, 0.3) is 5.91 Å². The van der Waals surface area contributed by atoms with Crippen LogP contribution in [0.15, 0.2) is 24.3 Å². The fourth-order valence-corrected chi connectivity index (χ4v) is 1.52. The molecule has 0 unspecified atom stereocenters. The van der Waals surface area contributed by atoms with Crippen LogP contribution in [0.3, 0.4) is 0 Å². The number of likely N-dealkylation sites (N-methyl/N-ethyl adjacent to an activating group) is 1. The van der Waals surface area contributed by atoms with Gasteiger partial charge >= 0.3 is 0 Å². The number of ether oxygens (including phenoxy) is 1. The summed E-state index contributed by atoms with van der Waals surface area (Å²) in [5.74, 6) is 0.214. The maximum absolute atomic E-state index is 12.0. The summed E-state index contributed by atoms with van der Waals surface area (Å²) >= 11 is 0. The van der Waals surface area contributed by atoms with Crippen molar-refractivity contribution in [1.82, 2.24) is 4.90 Å². The zero-order valence-corrected chi connectivity index (χ0v) is 13.8. The van der Waals surface area contributed by atoms with Crippen LogP contribution in [-0.2, 0) is 9.59 Å². The lowest BCUT2D eigenvalue weighted by Gasteiger charge is -2.25. The van der Waals surface area contributed by atoms with Crippen molar-refractivity contribution < 1.29 is 14.3 Å². The molecule has 6 nitrogen and oxygen atoms in total. The number of nitrogens with one attached hydrogen (secondary N) is 1. The lowest BCUT2D eigenvalue weighted by Crippen LogP contribution is -2.45. The van der Waals surface area contributed by atoms with Crippen molar-refractivity contribution >= 4 is 17.5 Å². The van der Waals surface area contributed by atoms with E-state index in [0.717, 1.165) is 0 Å². The van der Waals surface area contributed by atoms with E-state index >= 15 is 0 Å². The normalized spacial score (nSPS) is 12.5. The van der Waals surface area contributed by atoms with Crippen LogP contribution >= 0.6 is 0 Å². The Bertz CT molecular complexity index is 518. The Morgan fingerprint density at radius 2 is 1.77 bits per heavy atom. The van der Waals surface area contributed by atoms with E-state index in [4.69, 9.17) is 10.5 Å². The van der Waals surface area contributed by atoms with Gasteiger partial charge in [-0.25, -0.2) is 0 Å². The fraction of sp³-hybridized carbons (Fsp3) is 0.500. The summed E-state index contributed by atoms with van der Waals surface area (Å²) in [6.45, 7) is 5.72. The average Bonchev–Trinajstić information content (AvgIpc) is 2.44. The highest BCUT2D eigenvalue weighted by atomic mass is 16.5. The van der Waals surface area contributed by atoms with Crippen molar-refractivity contribution in [3.05, 3.63) is 24.3 Å². The van der Waals surface area contributed by atoms with Crippen molar-refractivity contribution in [2.45, 2.75) is 26.8 Å². The highest BCUT2D eigenvalue weighted by Gasteiger charge is 2.27. The third-order valence-corrected chi connectivity index (χ3v) is 3.20. The summed E-state index contributed by atoms with van der Waals surface area (Å²) in [6, 6.07) is 6.22. The summed E-state index contributed by atoms with van der Waals surface area (Å²) < 4.78 is 5.36. The van der Waals surface area contributed by atoms with E-state index in [1.807, 2.05) is 20.8 Å². The molecule has 3 N–H and O–H groups in total. The molecule has 1 aromatic carbocycles. The number of amides is 2. The van der Waals surface area contributed by atoms with Gasteiger partial charge in [-0.2, -0.15) is 0 Å². The van der Waals surface area contributed by atoms with E-state index in [9.17, 15) is 9.59 Å². The molecule has 0 spiro atoms. The molecule has 122 valence electrons. The summed E-state index contributed by atoms with van der Waals surface area (Å²) in [4.78, 5) is 24.9. The van der Waals surface area contributed by atoms with Crippen LogP contribution in [0.1, 0.15) is 20.8 Å². The van der Waals surface area contributed by atoms with Gasteiger partial charge in [0.15, 0.2) is 6.61 Å². The van der Waals surface area contributed by atoms with Crippen molar-refractivity contribution in [2.24, 2.45) is 11.1 Å². The smallest absolute Gasteiger partial charge is 0.259 e. The fourth-order valence-electron chi connectivity index (χ4n) is 1.52. The second-order valence-corrected chi connectivity index (χ2v) is 6.43. The number of rotatable bonds is 5. The molecule has 0 radical (unpaired) electrons. The second kappa shape index (κ2) is 7.26. The molecule has 0 bridgehead atoms. The van der Waals surface area contributed by atoms with Gasteiger partial charge in [0.1, 0.15) is 5.75 Å². The highest BCUT2D eigenvalue weighted by molar-refractivity contribution is 5.95. The van der Waals surface area contributed by atoms with E-state index in [2.05, 4.69) is 5.32 Å². The molecule has 2 amide bonds. The van der Waals surface area contributed by atoms with Gasteiger partial charge in [-0.05, 0) is 29.7 Å². The molecule has 0 saturated carbocycles. The van der Waals surface area contributed by atoms with Gasteiger partial charge in [-0.3, -0.25) is 9.59 Å². The maximum atomic E-state index is 12.0. The topological polar surface area (TPSA) is 84.7 Å². The molecular formula is C16H25N3O3. The van der Waals surface area contributed by atoms with E-state index in [0.29, 0.717) is 11.4 Å². The van der Waals surface area contributed by atoms with Crippen LogP contribution in [0.4, 0.5) is 5.69 Å². The lowest BCUT2D eigenvalue weighted by molar-refractivity contribution is -0.130. The molecule has 0 aromatic heterocycles. The molecule has 6 heteroatoms. The minimum absolute atomic E-state index is 0.0202. The molecule has 1 rings (SSSR count). The van der Waals surface area contributed by atoms with E-state index in [-0.39, 0.29) is 23.8 Å². The molecule has 0 aliphatic rings. The Hall–Kier alpha value is -2.08. The van der Waals surface area contributed by atoms with Crippen molar-refractivity contribution in [1.29, 1.82) is 0 Å². The molecule has 0 aliphatic heterocycles. The zero-order chi connectivity index (χ0) is 16.9. The molecule has 0 fully saturated rings. The molecule has 1 atom stereocenters. The maximum Gasteiger partial charge on any atom is 0.259 e. The Morgan fingerprint density at radius 3 is 2.23 bits per heavy atom. The van der Waals surface area contributed by atoms with Crippen LogP contribution in [0.2, 0.25) is 0 Å². The van der Waals surface area contributed by atoms with Gasteiger partial charge in [0.05, 0.1) is 6.04 Å². The first-order chi connectivity index (χ1) is 10.1. The monoisotopic (exact) mass is 307 g/mol. The first kappa shape index (κ1) is 18.0. The largest absolute Gasteiger partial charge is 0.484 e. The number of hydrogen-bond acceptors (Lipinski definition) is 4. The predicted molar refractivity (Wildman–Crippen MR) is 86.7 cm³/mol. The van der Waals surface area contributed by atoms with Crippen LogP contribution < -0.4 is 15.8 Å². The molecule has 0 heterocycles. The number of nitrogens with zero attached hydrogens (tertiary/aromatic N) is 1. The van der Waals surface area contributed by atoms with Crippen LogP contribution in [0, 0.1) is 5.41 Å². The van der Waals surface area contributed by atoms with Gasteiger partial charge in [-0.1, -0.05) is 20.8 Å². The third kappa shape index (κ3) is 5.37. The standard InChI is InChI=1S/C16H25N3O3/c1-16(2,3)14(17)15(21)18-11-6-8-12(9-7-11)22-10-13(20)19(4)5/h6-9,14H,10,17H2,1-5H3,(H,18,21)/t14-/m1/s1. The molecule has 1 aromatic rings. The van der Waals surface area contributed by atoms with Gasteiger partial charge in [0.2, 0.25) is 5.91 Å². The second-order valence-electron chi connectivity index (χ2n) is 6.43. The van der Waals surface area contributed by atoms with Crippen LogP contribution in [0.5, 0.6) is 5.75 Å². The third-order valence-electron chi connectivity index (χ3n) is 3.20. The summed E-state index contributed by atoms with van der Waals surface area (Å²) in [7, 11) is 3.34. The van der Waals surface area contributed by atoms with Crippen molar-refractivity contribution in [3.8, 4) is 5.75 Å². The number of anilines is 1. The Kier molecular flexibility index (Phi) is 5.93. The minimum atomic E-state index is -0.596.